The van der Waals surface area contributed by atoms with E-state index in [0.717, 1.165) is 10.1 Å². The van der Waals surface area contributed by atoms with Gasteiger partial charge < -0.3 is 10.6 Å². The van der Waals surface area contributed by atoms with Gasteiger partial charge in [-0.1, -0.05) is 30.3 Å². The SMILES string of the molecule is CC(C)NC(=O)Cc1ccc(-n2c(=O)c3ccccc3n(CC(=O)Nc3cccc(F)c3)c2=O)cc1. The summed E-state index contributed by atoms with van der Waals surface area (Å²) in [5.74, 6) is -1.19. The van der Waals surface area contributed by atoms with Gasteiger partial charge >= 0.3 is 5.69 Å². The molecule has 0 radical (unpaired) electrons. The van der Waals surface area contributed by atoms with Crippen molar-refractivity contribution in [1.82, 2.24) is 14.5 Å². The number of halogens is 1. The number of benzene rings is 3. The molecule has 0 atom stereocenters. The first-order valence-electron chi connectivity index (χ1n) is 11.4. The molecule has 36 heavy (non-hydrogen) atoms. The Morgan fingerprint density at radius 2 is 1.64 bits per heavy atom. The summed E-state index contributed by atoms with van der Waals surface area (Å²) in [5, 5.41) is 5.65. The van der Waals surface area contributed by atoms with Crippen LogP contribution in [0.15, 0.2) is 82.4 Å². The summed E-state index contributed by atoms with van der Waals surface area (Å²) in [6.07, 6.45) is 0.162. The first-order valence-corrected chi connectivity index (χ1v) is 11.4. The van der Waals surface area contributed by atoms with Crippen LogP contribution < -0.4 is 21.9 Å². The minimum Gasteiger partial charge on any atom is -0.354 e. The van der Waals surface area contributed by atoms with Gasteiger partial charge in [0.2, 0.25) is 11.8 Å². The Morgan fingerprint density at radius 3 is 2.33 bits per heavy atom. The summed E-state index contributed by atoms with van der Waals surface area (Å²) in [6.45, 7) is 3.36. The molecule has 184 valence electrons. The van der Waals surface area contributed by atoms with Crippen LogP contribution in [0, 0.1) is 5.82 Å². The Hall–Kier alpha value is -4.53. The molecule has 0 saturated heterocycles. The summed E-state index contributed by atoms with van der Waals surface area (Å²) >= 11 is 0. The molecule has 0 aliphatic heterocycles. The average molecular weight is 489 g/mol. The average Bonchev–Trinajstić information content (AvgIpc) is 2.82. The van der Waals surface area contributed by atoms with Gasteiger partial charge in [-0.2, -0.15) is 0 Å². The largest absolute Gasteiger partial charge is 0.354 e. The summed E-state index contributed by atoms with van der Waals surface area (Å²) in [7, 11) is 0. The number of para-hydroxylation sites is 1. The summed E-state index contributed by atoms with van der Waals surface area (Å²) in [5.41, 5.74) is 0.368. The Bertz CT molecular complexity index is 1560. The number of nitrogens with zero attached hydrogens (tertiary/aromatic N) is 2. The molecule has 0 fully saturated rings. The molecule has 3 aromatic carbocycles. The number of fused-ring (bicyclic) bond motifs is 1. The topological polar surface area (TPSA) is 102 Å². The molecule has 0 aliphatic carbocycles. The molecule has 0 bridgehead atoms. The third kappa shape index (κ3) is 5.41. The van der Waals surface area contributed by atoms with Gasteiger partial charge in [0.05, 0.1) is 23.0 Å². The fraction of sp³-hybridized carbons (Fsp3) is 0.185. The van der Waals surface area contributed by atoms with Crippen LogP contribution in [0.5, 0.6) is 0 Å². The highest BCUT2D eigenvalue weighted by molar-refractivity contribution is 5.91. The molecule has 2 N–H and O–H groups in total. The van der Waals surface area contributed by atoms with Gasteiger partial charge in [0.15, 0.2) is 0 Å². The fourth-order valence-corrected chi connectivity index (χ4v) is 3.93. The van der Waals surface area contributed by atoms with Crippen molar-refractivity contribution in [3.05, 3.63) is 105 Å². The lowest BCUT2D eigenvalue weighted by Crippen LogP contribution is -2.40. The van der Waals surface area contributed by atoms with Crippen molar-refractivity contribution in [1.29, 1.82) is 0 Å². The van der Waals surface area contributed by atoms with E-state index in [0.29, 0.717) is 11.2 Å². The Balaban J connectivity index is 1.71. The van der Waals surface area contributed by atoms with Gasteiger partial charge in [-0.25, -0.2) is 13.8 Å². The molecule has 2 amide bonds. The number of hydrogen-bond donors (Lipinski definition) is 2. The zero-order valence-corrected chi connectivity index (χ0v) is 19.8. The molecule has 1 aromatic heterocycles. The van der Waals surface area contributed by atoms with E-state index >= 15 is 0 Å². The van der Waals surface area contributed by atoms with Gasteiger partial charge in [-0.05, 0) is 61.9 Å². The monoisotopic (exact) mass is 488 g/mol. The van der Waals surface area contributed by atoms with Crippen molar-refractivity contribution in [3.63, 3.8) is 0 Å². The highest BCUT2D eigenvalue weighted by Gasteiger charge is 2.17. The van der Waals surface area contributed by atoms with Gasteiger partial charge in [0.25, 0.3) is 5.56 Å². The predicted octanol–water partition coefficient (Wildman–Crippen LogP) is 3.00. The predicted molar refractivity (Wildman–Crippen MR) is 136 cm³/mol. The number of anilines is 1. The summed E-state index contributed by atoms with van der Waals surface area (Å²) < 4.78 is 15.7. The quantitative estimate of drug-likeness (QED) is 0.418. The standard InChI is InChI=1S/C27H25FN4O4/c1-17(2)29-24(33)14-18-10-12-21(13-11-18)32-26(35)22-8-3-4-9-23(22)31(27(32)36)16-25(34)30-20-7-5-6-19(28)15-20/h3-13,15,17H,14,16H2,1-2H3,(H,29,33)(H,30,34). The maximum atomic E-state index is 13.5. The number of nitrogens with one attached hydrogen (secondary N) is 2. The zero-order chi connectivity index (χ0) is 25.8. The highest BCUT2D eigenvalue weighted by Crippen LogP contribution is 2.13. The van der Waals surface area contributed by atoms with Gasteiger partial charge in [0.1, 0.15) is 12.4 Å². The minimum atomic E-state index is -0.696. The molecular weight excluding hydrogens is 463 g/mol. The van der Waals surface area contributed by atoms with E-state index in [2.05, 4.69) is 10.6 Å². The molecule has 0 saturated carbocycles. The minimum absolute atomic E-state index is 0.0181. The van der Waals surface area contributed by atoms with Gasteiger partial charge in [-0.15, -0.1) is 0 Å². The third-order valence-corrected chi connectivity index (χ3v) is 5.47. The van der Waals surface area contributed by atoms with Crippen molar-refractivity contribution in [2.75, 3.05) is 5.32 Å². The van der Waals surface area contributed by atoms with E-state index in [1.807, 2.05) is 13.8 Å². The summed E-state index contributed by atoms with van der Waals surface area (Å²) in [6, 6.07) is 18.5. The fourth-order valence-electron chi connectivity index (χ4n) is 3.93. The molecule has 1 heterocycles. The second-order valence-electron chi connectivity index (χ2n) is 8.65. The van der Waals surface area contributed by atoms with Crippen molar-refractivity contribution < 1.29 is 14.0 Å². The first kappa shape index (κ1) is 24.6. The number of hydrogen-bond acceptors (Lipinski definition) is 4. The summed E-state index contributed by atoms with van der Waals surface area (Å²) in [4.78, 5) is 51.5. The number of carbonyl (C=O) groups is 2. The zero-order valence-electron chi connectivity index (χ0n) is 19.8. The smallest absolute Gasteiger partial charge is 0.336 e. The van der Waals surface area contributed by atoms with Gasteiger partial charge in [-0.3, -0.25) is 19.0 Å². The van der Waals surface area contributed by atoms with Crippen LogP contribution >= 0.6 is 0 Å². The maximum absolute atomic E-state index is 13.5. The second-order valence-corrected chi connectivity index (χ2v) is 8.65. The first-order chi connectivity index (χ1) is 17.2. The number of aromatic nitrogens is 2. The van der Waals surface area contributed by atoms with E-state index in [9.17, 15) is 23.6 Å². The normalized spacial score (nSPS) is 11.0. The Morgan fingerprint density at radius 1 is 0.917 bits per heavy atom. The molecule has 8 nitrogen and oxygen atoms in total. The van der Waals surface area contributed by atoms with Crippen molar-refractivity contribution in [3.8, 4) is 5.69 Å². The van der Waals surface area contributed by atoms with Crippen LogP contribution in [0.1, 0.15) is 19.4 Å². The van der Waals surface area contributed by atoms with Gasteiger partial charge in [0, 0.05) is 11.7 Å². The van der Waals surface area contributed by atoms with Crippen LogP contribution in [-0.2, 0) is 22.6 Å². The van der Waals surface area contributed by atoms with E-state index in [4.69, 9.17) is 0 Å². The number of carbonyl (C=O) groups excluding carboxylic acids is 2. The third-order valence-electron chi connectivity index (χ3n) is 5.47. The van der Waals surface area contributed by atoms with Crippen LogP contribution in [0.4, 0.5) is 10.1 Å². The van der Waals surface area contributed by atoms with Crippen molar-refractivity contribution >= 4 is 28.4 Å². The van der Waals surface area contributed by atoms with E-state index in [1.165, 1.54) is 28.8 Å². The molecule has 9 heteroatoms. The van der Waals surface area contributed by atoms with Crippen molar-refractivity contribution in [2.24, 2.45) is 0 Å². The number of rotatable bonds is 7. The lowest BCUT2D eigenvalue weighted by molar-refractivity contribution is -0.121. The highest BCUT2D eigenvalue weighted by atomic mass is 19.1. The number of amides is 2. The Kier molecular flexibility index (Phi) is 7.10. The molecule has 4 rings (SSSR count). The van der Waals surface area contributed by atoms with Crippen LogP contribution in [0.2, 0.25) is 0 Å². The lowest BCUT2D eigenvalue weighted by Gasteiger charge is -2.15. The second kappa shape index (κ2) is 10.4. The van der Waals surface area contributed by atoms with Crippen LogP contribution in [0.25, 0.3) is 16.6 Å². The Labute approximate surface area is 206 Å². The van der Waals surface area contributed by atoms with Crippen molar-refractivity contribution in [2.45, 2.75) is 32.9 Å². The van der Waals surface area contributed by atoms with Crippen LogP contribution in [0.3, 0.4) is 0 Å². The van der Waals surface area contributed by atoms with E-state index < -0.39 is 23.0 Å². The lowest BCUT2D eigenvalue weighted by atomic mass is 10.1. The van der Waals surface area contributed by atoms with E-state index in [1.54, 1.807) is 48.5 Å². The molecule has 0 unspecified atom stereocenters. The maximum Gasteiger partial charge on any atom is 0.336 e. The van der Waals surface area contributed by atoms with Crippen LogP contribution in [-0.4, -0.2) is 27.0 Å². The molecular formula is C27H25FN4O4. The molecule has 0 spiro atoms. The molecule has 0 aliphatic rings. The molecule has 4 aromatic rings. The van der Waals surface area contributed by atoms with E-state index in [-0.39, 0.29) is 36.0 Å².